The van der Waals surface area contributed by atoms with Crippen molar-refractivity contribution in [3.63, 3.8) is 0 Å². The molecule has 0 saturated heterocycles. The summed E-state index contributed by atoms with van der Waals surface area (Å²) in [6.07, 6.45) is 0. The van der Waals surface area contributed by atoms with Gasteiger partial charge in [0, 0.05) is 18.7 Å². The van der Waals surface area contributed by atoms with E-state index in [4.69, 9.17) is 5.73 Å². The summed E-state index contributed by atoms with van der Waals surface area (Å²) < 4.78 is 14.1. The Morgan fingerprint density at radius 3 is 2.45 bits per heavy atom. The molecule has 116 valence electrons. The number of aryl methyl sites for hydroxylation is 1. The van der Waals surface area contributed by atoms with E-state index in [2.05, 4.69) is 9.97 Å². The van der Waals surface area contributed by atoms with Crippen molar-refractivity contribution < 1.29 is 9.18 Å². The fourth-order valence-corrected chi connectivity index (χ4v) is 2.37. The number of nitrogen functional groups attached to an aromatic ring is 1. The summed E-state index contributed by atoms with van der Waals surface area (Å²) >= 11 is 0. The topological polar surface area (TPSA) is 72.1 Å². The molecule has 1 heterocycles. The van der Waals surface area contributed by atoms with Gasteiger partial charge in [0.05, 0.1) is 17.0 Å². The second-order valence-electron chi connectivity index (χ2n) is 4.85. The van der Waals surface area contributed by atoms with E-state index in [1.165, 1.54) is 6.07 Å². The zero-order valence-corrected chi connectivity index (χ0v) is 12.9. The van der Waals surface area contributed by atoms with Crippen molar-refractivity contribution in [1.82, 2.24) is 14.9 Å². The minimum absolute atomic E-state index is 0.0202. The maximum absolute atomic E-state index is 14.1. The van der Waals surface area contributed by atoms with Gasteiger partial charge in [-0.3, -0.25) is 4.79 Å². The van der Waals surface area contributed by atoms with Crippen LogP contribution in [0.25, 0.3) is 11.3 Å². The molecule has 0 aliphatic carbocycles. The van der Waals surface area contributed by atoms with Gasteiger partial charge in [-0.05, 0) is 32.9 Å². The summed E-state index contributed by atoms with van der Waals surface area (Å²) in [5, 5.41) is 0. The van der Waals surface area contributed by atoms with E-state index in [0.29, 0.717) is 24.3 Å². The Balaban J connectivity index is 2.69. The van der Waals surface area contributed by atoms with Crippen LogP contribution in [0, 0.1) is 12.7 Å². The lowest BCUT2D eigenvalue weighted by molar-refractivity contribution is 0.0772. The predicted molar refractivity (Wildman–Crippen MR) is 83.8 cm³/mol. The minimum Gasteiger partial charge on any atom is -0.368 e. The number of anilines is 1. The summed E-state index contributed by atoms with van der Waals surface area (Å²) in [4.78, 5) is 22.5. The number of hydrogen-bond donors (Lipinski definition) is 1. The number of nitrogens with zero attached hydrogens (tertiary/aromatic N) is 3. The van der Waals surface area contributed by atoms with Crippen LogP contribution < -0.4 is 5.73 Å². The Labute approximate surface area is 129 Å². The summed E-state index contributed by atoms with van der Waals surface area (Å²) in [5.74, 6) is -0.652. The number of carbonyl (C=O) groups is 1. The van der Waals surface area contributed by atoms with Crippen LogP contribution in [0.3, 0.4) is 0 Å². The van der Waals surface area contributed by atoms with Gasteiger partial charge in [-0.15, -0.1) is 0 Å². The highest BCUT2D eigenvalue weighted by molar-refractivity contribution is 6.01. The first-order chi connectivity index (χ1) is 10.5. The molecule has 2 aromatic rings. The van der Waals surface area contributed by atoms with Gasteiger partial charge in [0.15, 0.2) is 0 Å². The van der Waals surface area contributed by atoms with Crippen LogP contribution in [-0.2, 0) is 0 Å². The molecule has 0 aliphatic heterocycles. The molecule has 0 fully saturated rings. The Bertz CT molecular complexity index is 699. The van der Waals surface area contributed by atoms with Gasteiger partial charge in [0.2, 0.25) is 5.95 Å². The van der Waals surface area contributed by atoms with Crippen LogP contribution in [0.5, 0.6) is 0 Å². The molecule has 2 N–H and O–H groups in total. The maximum Gasteiger partial charge on any atom is 0.257 e. The summed E-state index contributed by atoms with van der Waals surface area (Å²) in [7, 11) is 0. The lowest BCUT2D eigenvalue weighted by atomic mass is 10.0. The molecule has 0 saturated carbocycles. The Morgan fingerprint density at radius 2 is 1.86 bits per heavy atom. The van der Waals surface area contributed by atoms with Crippen LogP contribution >= 0.6 is 0 Å². The largest absolute Gasteiger partial charge is 0.368 e. The number of halogens is 1. The molecule has 1 amide bonds. The molecule has 0 spiro atoms. The molecule has 1 aromatic carbocycles. The zero-order valence-electron chi connectivity index (χ0n) is 12.9. The third-order valence-corrected chi connectivity index (χ3v) is 3.50. The fraction of sp³-hybridized carbons (Fsp3) is 0.312. The molecule has 1 aromatic heterocycles. The highest BCUT2D eigenvalue weighted by Crippen LogP contribution is 2.27. The van der Waals surface area contributed by atoms with Crippen molar-refractivity contribution in [1.29, 1.82) is 0 Å². The molecule has 0 aliphatic rings. The molecule has 0 unspecified atom stereocenters. The van der Waals surface area contributed by atoms with Crippen molar-refractivity contribution >= 4 is 11.9 Å². The van der Waals surface area contributed by atoms with Crippen molar-refractivity contribution in [2.24, 2.45) is 0 Å². The van der Waals surface area contributed by atoms with Crippen LogP contribution in [0.2, 0.25) is 0 Å². The Kier molecular flexibility index (Phi) is 4.70. The van der Waals surface area contributed by atoms with Gasteiger partial charge in [-0.1, -0.05) is 12.1 Å². The molecular weight excluding hydrogens is 283 g/mol. The van der Waals surface area contributed by atoms with Gasteiger partial charge in [0.1, 0.15) is 5.82 Å². The van der Waals surface area contributed by atoms with Gasteiger partial charge in [-0.25, -0.2) is 14.4 Å². The standard InChI is InChI=1S/C16H19FN4O/c1-4-21(5-2)15(22)13-10(3)19-16(18)20-14(13)11-8-6-7-9-12(11)17/h6-9H,4-5H2,1-3H3,(H2,18,19,20). The van der Waals surface area contributed by atoms with Crippen molar-refractivity contribution in [3.05, 3.63) is 41.3 Å². The Hall–Kier alpha value is -2.50. The van der Waals surface area contributed by atoms with E-state index >= 15 is 0 Å². The number of aromatic nitrogens is 2. The average molecular weight is 302 g/mol. The lowest BCUT2D eigenvalue weighted by Crippen LogP contribution is -2.32. The molecule has 5 nitrogen and oxygen atoms in total. The predicted octanol–water partition coefficient (Wildman–Crippen LogP) is 2.66. The quantitative estimate of drug-likeness (QED) is 0.942. The fourth-order valence-electron chi connectivity index (χ4n) is 2.37. The number of benzene rings is 1. The van der Waals surface area contributed by atoms with Crippen molar-refractivity contribution in [2.45, 2.75) is 20.8 Å². The first kappa shape index (κ1) is 15.9. The van der Waals surface area contributed by atoms with E-state index in [1.54, 1.807) is 30.0 Å². The van der Waals surface area contributed by atoms with E-state index in [-0.39, 0.29) is 23.1 Å². The molecule has 6 heteroatoms. The van der Waals surface area contributed by atoms with Crippen molar-refractivity contribution in [2.75, 3.05) is 18.8 Å². The molecular formula is C16H19FN4O. The number of rotatable bonds is 4. The average Bonchev–Trinajstić information content (AvgIpc) is 2.48. The number of nitrogens with two attached hydrogens (primary N) is 1. The molecule has 0 atom stereocenters. The first-order valence-corrected chi connectivity index (χ1v) is 7.17. The number of hydrogen-bond acceptors (Lipinski definition) is 4. The van der Waals surface area contributed by atoms with Crippen LogP contribution in [0.1, 0.15) is 29.9 Å². The molecule has 22 heavy (non-hydrogen) atoms. The monoisotopic (exact) mass is 302 g/mol. The van der Waals surface area contributed by atoms with E-state index in [0.717, 1.165) is 0 Å². The SMILES string of the molecule is CCN(CC)C(=O)c1c(C)nc(N)nc1-c1ccccc1F. The van der Waals surface area contributed by atoms with E-state index < -0.39 is 5.82 Å². The normalized spacial score (nSPS) is 10.5. The third-order valence-electron chi connectivity index (χ3n) is 3.50. The van der Waals surface area contributed by atoms with E-state index in [9.17, 15) is 9.18 Å². The van der Waals surface area contributed by atoms with Crippen LogP contribution in [0.15, 0.2) is 24.3 Å². The first-order valence-electron chi connectivity index (χ1n) is 7.17. The van der Waals surface area contributed by atoms with Crippen LogP contribution in [-0.4, -0.2) is 33.9 Å². The smallest absolute Gasteiger partial charge is 0.257 e. The third kappa shape index (κ3) is 2.90. The number of carbonyl (C=O) groups excluding carboxylic acids is 1. The van der Waals surface area contributed by atoms with Gasteiger partial charge in [0.25, 0.3) is 5.91 Å². The van der Waals surface area contributed by atoms with Gasteiger partial charge < -0.3 is 10.6 Å². The van der Waals surface area contributed by atoms with Gasteiger partial charge >= 0.3 is 0 Å². The number of amides is 1. The maximum atomic E-state index is 14.1. The second-order valence-corrected chi connectivity index (χ2v) is 4.85. The summed E-state index contributed by atoms with van der Waals surface area (Å²) in [5.41, 5.74) is 6.91. The molecule has 0 bridgehead atoms. The molecule has 2 rings (SSSR count). The second kappa shape index (κ2) is 6.51. The lowest BCUT2D eigenvalue weighted by Gasteiger charge is -2.21. The molecule has 0 radical (unpaired) electrons. The summed E-state index contributed by atoms with van der Waals surface area (Å²) in [6.45, 7) is 6.56. The highest BCUT2D eigenvalue weighted by Gasteiger charge is 2.24. The minimum atomic E-state index is -0.450. The summed E-state index contributed by atoms with van der Waals surface area (Å²) in [6, 6.07) is 6.18. The van der Waals surface area contributed by atoms with E-state index in [1.807, 2.05) is 13.8 Å². The zero-order chi connectivity index (χ0) is 16.3. The van der Waals surface area contributed by atoms with Crippen LogP contribution in [0.4, 0.5) is 10.3 Å². The highest BCUT2D eigenvalue weighted by atomic mass is 19.1. The Morgan fingerprint density at radius 1 is 1.23 bits per heavy atom. The van der Waals surface area contributed by atoms with Gasteiger partial charge in [-0.2, -0.15) is 0 Å². The van der Waals surface area contributed by atoms with Crippen molar-refractivity contribution in [3.8, 4) is 11.3 Å².